The molecule has 0 radical (unpaired) electrons. The van der Waals surface area contributed by atoms with Crippen molar-refractivity contribution in [2.75, 3.05) is 0 Å². The minimum absolute atomic E-state index is 0.0781. The molecule has 0 aromatic carbocycles. The minimum atomic E-state index is -2.51. The lowest BCUT2D eigenvalue weighted by Crippen LogP contribution is -2.13. The van der Waals surface area contributed by atoms with Gasteiger partial charge in [-0.1, -0.05) is 0 Å². The van der Waals surface area contributed by atoms with Gasteiger partial charge in [0.2, 0.25) is 5.82 Å². The summed E-state index contributed by atoms with van der Waals surface area (Å²) < 4.78 is 23.9. The van der Waals surface area contributed by atoms with Crippen LogP contribution in [-0.2, 0) is 18.1 Å². The molecule has 8 nitrogen and oxygen atoms in total. The first-order valence-corrected chi connectivity index (χ1v) is 7.03. The Morgan fingerprint density at radius 2 is 2.16 bits per heavy atom. The Hall–Kier alpha value is -1.65. The Kier molecular flexibility index (Phi) is 3.73. The average Bonchev–Trinajstić information content (AvgIpc) is 2.87. The monoisotopic (exact) mass is 301 g/mol. The summed E-state index contributed by atoms with van der Waals surface area (Å²) in [5.41, 5.74) is 0. The van der Waals surface area contributed by atoms with Gasteiger partial charge in [0.1, 0.15) is 11.2 Å². The summed E-state index contributed by atoms with van der Waals surface area (Å²) in [4.78, 5) is 18.8. The van der Waals surface area contributed by atoms with Crippen LogP contribution in [0.1, 0.15) is 21.0 Å². The topological polar surface area (TPSA) is 114 Å². The lowest BCUT2D eigenvalue weighted by Gasteiger charge is -2.14. The fraction of sp³-hybridized carbons (Fsp3) is 0.333. The Balaban J connectivity index is 2.52. The van der Waals surface area contributed by atoms with Crippen LogP contribution in [0.2, 0.25) is 0 Å². The molecule has 0 saturated heterocycles. The third kappa shape index (κ3) is 2.55. The van der Waals surface area contributed by atoms with Gasteiger partial charge in [-0.15, -0.1) is 11.3 Å². The van der Waals surface area contributed by atoms with Crippen molar-refractivity contribution >= 4 is 28.2 Å². The molecule has 2 atom stereocenters. The minimum Gasteiger partial charge on any atom is -0.771 e. The summed E-state index contributed by atoms with van der Waals surface area (Å²) in [7, 11) is 1.40. The Morgan fingerprint density at radius 1 is 1.47 bits per heavy atom. The summed E-state index contributed by atoms with van der Waals surface area (Å²) in [5.74, 6) is -0.187. The van der Waals surface area contributed by atoms with Crippen molar-refractivity contribution in [1.29, 1.82) is 0 Å². The van der Waals surface area contributed by atoms with Gasteiger partial charge < -0.3 is 14.7 Å². The summed E-state index contributed by atoms with van der Waals surface area (Å²) >= 11 is -1.29. The first-order valence-electron chi connectivity index (χ1n) is 5.08. The largest absolute Gasteiger partial charge is 0.771 e. The van der Waals surface area contributed by atoms with Crippen molar-refractivity contribution < 1.29 is 13.7 Å². The molecule has 0 spiro atoms. The smallest absolute Gasteiger partial charge is 0.342 e. The Labute approximate surface area is 114 Å². The molecule has 2 aromatic rings. The van der Waals surface area contributed by atoms with Crippen molar-refractivity contribution in [3.05, 3.63) is 38.2 Å². The van der Waals surface area contributed by atoms with Gasteiger partial charge in [0.05, 0.1) is 7.05 Å². The third-order valence-corrected chi connectivity index (χ3v) is 4.42. The van der Waals surface area contributed by atoms with E-state index in [1.165, 1.54) is 18.4 Å². The van der Waals surface area contributed by atoms with Crippen molar-refractivity contribution in [3.8, 4) is 0 Å². The van der Waals surface area contributed by atoms with E-state index < -0.39 is 21.3 Å². The highest BCUT2D eigenvalue weighted by atomic mass is 32.2. The predicted octanol–water partition coefficient (Wildman–Crippen LogP) is 1.06. The molecular weight excluding hydrogens is 292 g/mol. The molecule has 10 heteroatoms. The molecule has 0 amide bonds. The first kappa shape index (κ1) is 13.8. The number of nitrogens with zero attached hydrogens (tertiary/aromatic N) is 4. The summed E-state index contributed by atoms with van der Waals surface area (Å²) in [6.07, 6.45) is 2.59. The number of hydrogen-bond acceptors (Lipinski definition) is 7. The second kappa shape index (κ2) is 5.15. The van der Waals surface area contributed by atoms with Crippen molar-refractivity contribution in [1.82, 2.24) is 14.5 Å². The first-order chi connectivity index (χ1) is 8.91. The number of nitro groups is 1. The van der Waals surface area contributed by atoms with Crippen LogP contribution in [0.5, 0.6) is 0 Å². The SMILES string of the molecule is Cc1cnc(C(c2ncc([N+](=O)[O-])n2C)S(=O)[O-])s1. The van der Waals surface area contributed by atoms with E-state index >= 15 is 0 Å². The molecule has 0 fully saturated rings. The standard InChI is InChI=1S/C9H10N4O4S2/c1-5-3-11-9(18-5)7(19(16)17)8-10-4-6(12(8)2)13(14)15/h3-4,7H,1-2H3,(H,16,17)/p-1. The van der Waals surface area contributed by atoms with Gasteiger partial charge in [0, 0.05) is 11.1 Å². The highest BCUT2D eigenvalue weighted by molar-refractivity contribution is 7.79. The van der Waals surface area contributed by atoms with E-state index in [1.54, 1.807) is 13.1 Å². The summed E-state index contributed by atoms with van der Waals surface area (Å²) in [5, 5.41) is 9.99. The second-order valence-corrected chi connectivity index (χ2v) is 6.00. The molecule has 2 aromatic heterocycles. The van der Waals surface area contributed by atoms with E-state index in [1.807, 2.05) is 0 Å². The molecule has 0 aliphatic rings. The molecule has 2 unspecified atom stereocenters. The normalized spacial score (nSPS) is 14.3. The third-order valence-electron chi connectivity index (χ3n) is 2.48. The molecule has 2 heterocycles. The van der Waals surface area contributed by atoms with Crippen LogP contribution in [0, 0.1) is 17.0 Å². The van der Waals surface area contributed by atoms with E-state index in [0.29, 0.717) is 5.01 Å². The van der Waals surface area contributed by atoms with Gasteiger partial charge in [0.25, 0.3) is 0 Å². The van der Waals surface area contributed by atoms with E-state index in [9.17, 15) is 18.9 Å². The quantitative estimate of drug-likeness (QED) is 0.474. The maximum atomic E-state index is 11.4. The molecule has 2 rings (SSSR count). The Morgan fingerprint density at radius 3 is 2.58 bits per heavy atom. The summed E-state index contributed by atoms with van der Waals surface area (Å²) in [6, 6.07) is 0. The molecule has 19 heavy (non-hydrogen) atoms. The zero-order chi connectivity index (χ0) is 14.2. The maximum Gasteiger partial charge on any atom is 0.342 e. The molecule has 0 bridgehead atoms. The number of hydrogen-bond donors (Lipinski definition) is 0. The zero-order valence-corrected chi connectivity index (χ0v) is 11.6. The second-order valence-electron chi connectivity index (χ2n) is 3.74. The van der Waals surface area contributed by atoms with Crippen LogP contribution in [0.25, 0.3) is 0 Å². The average molecular weight is 301 g/mol. The van der Waals surface area contributed by atoms with E-state index in [2.05, 4.69) is 9.97 Å². The van der Waals surface area contributed by atoms with Gasteiger partial charge in [-0.2, -0.15) is 0 Å². The van der Waals surface area contributed by atoms with Crippen LogP contribution in [0.3, 0.4) is 0 Å². The number of aryl methyl sites for hydroxylation is 1. The number of rotatable bonds is 4. The highest BCUT2D eigenvalue weighted by Gasteiger charge is 2.29. The molecule has 0 aliphatic heterocycles. The van der Waals surface area contributed by atoms with Gasteiger partial charge in [-0.3, -0.25) is 4.21 Å². The predicted molar refractivity (Wildman–Crippen MR) is 67.5 cm³/mol. The van der Waals surface area contributed by atoms with Crippen molar-refractivity contribution in [3.63, 3.8) is 0 Å². The van der Waals surface area contributed by atoms with Crippen molar-refractivity contribution in [2.45, 2.75) is 12.2 Å². The molecule has 0 saturated carbocycles. The van der Waals surface area contributed by atoms with Gasteiger partial charge in [-0.05, 0) is 22.9 Å². The fourth-order valence-corrected chi connectivity index (χ4v) is 3.35. The van der Waals surface area contributed by atoms with Gasteiger partial charge in [0.15, 0.2) is 5.25 Å². The van der Waals surface area contributed by atoms with Gasteiger partial charge >= 0.3 is 5.82 Å². The number of imidazole rings is 1. The Bertz CT molecular complexity index is 650. The number of aromatic nitrogens is 3. The van der Waals surface area contributed by atoms with Crippen LogP contribution in [-0.4, -0.2) is 28.2 Å². The fourth-order valence-electron chi connectivity index (χ4n) is 1.60. The summed E-state index contributed by atoms with van der Waals surface area (Å²) in [6.45, 7) is 1.80. The molecule has 0 aliphatic carbocycles. The van der Waals surface area contributed by atoms with Gasteiger partial charge in [-0.25, -0.2) is 14.5 Å². The lowest BCUT2D eigenvalue weighted by atomic mass is 10.4. The van der Waals surface area contributed by atoms with Crippen molar-refractivity contribution in [2.24, 2.45) is 7.05 Å². The molecule has 102 valence electrons. The van der Waals surface area contributed by atoms with E-state index in [4.69, 9.17) is 0 Å². The zero-order valence-electron chi connectivity index (χ0n) is 9.97. The molecule has 0 N–H and O–H groups in total. The molecular formula is C9H9N4O4S2-. The van der Waals surface area contributed by atoms with E-state index in [0.717, 1.165) is 15.6 Å². The van der Waals surface area contributed by atoms with Crippen LogP contribution < -0.4 is 0 Å². The van der Waals surface area contributed by atoms with E-state index in [-0.39, 0.29) is 11.6 Å². The van der Waals surface area contributed by atoms with Crippen LogP contribution in [0.15, 0.2) is 12.4 Å². The lowest BCUT2D eigenvalue weighted by molar-refractivity contribution is -0.391. The van der Waals surface area contributed by atoms with Crippen LogP contribution in [0.4, 0.5) is 5.82 Å². The van der Waals surface area contributed by atoms with Crippen LogP contribution >= 0.6 is 11.3 Å². The highest BCUT2D eigenvalue weighted by Crippen LogP contribution is 2.30. The number of thiazole rings is 1. The maximum absolute atomic E-state index is 11.4.